The highest BCUT2D eigenvalue weighted by Crippen LogP contribution is 2.43. The van der Waals surface area contributed by atoms with Crippen molar-refractivity contribution in [2.75, 3.05) is 0 Å². The molecule has 1 aliphatic carbocycles. The summed E-state index contributed by atoms with van der Waals surface area (Å²) in [4.78, 5) is 15.5. The van der Waals surface area contributed by atoms with Crippen LogP contribution in [0.25, 0.3) is 47.9 Å². The van der Waals surface area contributed by atoms with Crippen molar-refractivity contribution in [2.45, 2.75) is 25.3 Å². The standard InChI is InChI=1S/C43H31N3S/c1-3-11-28(12-4-1)29-19-21-30(22-20-29)37-27-38(46-43(45-37)33-13-5-2-6-14-33)31-23-25-32(26-24-31)40-34-15-7-9-17-36(34)44-41-35-16-8-10-18-39(35)47-42(40)41/h1-3,5-11,13-26,38H,4,12,27H2. The summed E-state index contributed by atoms with van der Waals surface area (Å²) in [5, 5.41) is 2.40. The number of aromatic nitrogens is 1. The number of hydrogen-bond acceptors (Lipinski definition) is 4. The van der Waals surface area contributed by atoms with Gasteiger partial charge in [-0.1, -0.05) is 133 Å². The van der Waals surface area contributed by atoms with Gasteiger partial charge in [0.1, 0.15) is 0 Å². The molecule has 0 saturated carbocycles. The highest BCUT2D eigenvalue weighted by atomic mass is 32.1. The van der Waals surface area contributed by atoms with Gasteiger partial charge in [0, 0.05) is 33.0 Å². The number of para-hydroxylation sites is 1. The number of hydrogen-bond donors (Lipinski definition) is 0. The molecule has 1 atom stereocenters. The molecule has 224 valence electrons. The van der Waals surface area contributed by atoms with Crippen LogP contribution in [0.1, 0.15) is 47.6 Å². The van der Waals surface area contributed by atoms with E-state index < -0.39 is 0 Å². The normalized spacial score (nSPS) is 16.3. The van der Waals surface area contributed by atoms with Crippen LogP contribution in [-0.4, -0.2) is 16.5 Å². The topological polar surface area (TPSA) is 37.6 Å². The summed E-state index contributed by atoms with van der Waals surface area (Å²) in [6.45, 7) is 0. The third-order valence-corrected chi connectivity index (χ3v) is 10.5. The summed E-state index contributed by atoms with van der Waals surface area (Å²) in [6, 6.07) is 45.4. The van der Waals surface area contributed by atoms with Crippen molar-refractivity contribution in [1.29, 1.82) is 0 Å². The molecule has 0 amide bonds. The van der Waals surface area contributed by atoms with Crippen molar-refractivity contribution in [3.63, 3.8) is 0 Å². The average Bonchev–Trinajstić information content (AvgIpc) is 3.52. The first-order valence-electron chi connectivity index (χ1n) is 16.3. The lowest BCUT2D eigenvalue weighted by molar-refractivity contribution is 0.754. The molecule has 5 aromatic carbocycles. The van der Waals surface area contributed by atoms with Gasteiger partial charge in [0.15, 0.2) is 5.84 Å². The summed E-state index contributed by atoms with van der Waals surface area (Å²) in [5.41, 5.74) is 11.7. The zero-order valence-corrected chi connectivity index (χ0v) is 26.6. The minimum atomic E-state index is -0.0313. The largest absolute Gasteiger partial charge is 0.258 e. The zero-order valence-electron chi connectivity index (χ0n) is 25.8. The van der Waals surface area contributed by atoms with E-state index in [1.807, 2.05) is 17.4 Å². The number of allylic oxidation sites excluding steroid dienone is 4. The predicted octanol–water partition coefficient (Wildman–Crippen LogP) is 11.4. The molecule has 47 heavy (non-hydrogen) atoms. The molecular weight excluding hydrogens is 591 g/mol. The van der Waals surface area contributed by atoms with E-state index in [1.54, 1.807) is 0 Å². The quantitative estimate of drug-likeness (QED) is 0.188. The number of fused-ring (bicyclic) bond motifs is 4. The fourth-order valence-corrected chi connectivity index (χ4v) is 8.12. The Morgan fingerprint density at radius 2 is 1.36 bits per heavy atom. The predicted molar refractivity (Wildman–Crippen MR) is 200 cm³/mol. The Balaban J connectivity index is 1.11. The molecule has 0 radical (unpaired) electrons. The van der Waals surface area contributed by atoms with E-state index in [2.05, 4.69) is 140 Å². The summed E-state index contributed by atoms with van der Waals surface area (Å²) < 4.78 is 2.50. The fraction of sp³-hybridized carbons (Fsp3) is 0.0930. The van der Waals surface area contributed by atoms with Crippen LogP contribution in [0.3, 0.4) is 0 Å². The van der Waals surface area contributed by atoms with Gasteiger partial charge in [-0.25, -0.2) is 9.98 Å². The monoisotopic (exact) mass is 621 g/mol. The molecule has 1 aliphatic heterocycles. The molecular formula is C43H31N3S. The first kappa shape index (κ1) is 27.8. The van der Waals surface area contributed by atoms with Crippen molar-refractivity contribution in [3.8, 4) is 11.1 Å². The number of rotatable bonds is 5. The Morgan fingerprint density at radius 3 is 2.17 bits per heavy atom. The minimum Gasteiger partial charge on any atom is -0.258 e. The van der Waals surface area contributed by atoms with Gasteiger partial charge in [-0.05, 0) is 52.8 Å². The van der Waals surface area contributed by atoms with Gasteiger partial charge in [-0.2, -0.15) is 0 Å². The van der Waals surface area contributed by atoms with Crippen LogP contribution in [0, 0.1) is 0 Å². The molecule has 7 aromatic rings. The first-order valence-corrected chi connectivity index (χ1v) is 17.1. The van der Waals surface area contributed by atoms with Gasteiger partial charge in [0.05, 0.1) is 27.5 Å². The van der Waals surface area contributed by atoms with Gasteiger partial charge in [-0.3, -0.25) is 4.99 Å². The molecule has 2 aromatic heterocycles. The third kappa shape index (κ3) is 5.11. The van der Waals surface area contributed by atoms with Gasteiger partial charge in [-0.15, -0.1) is 11.3 Å². The fourth-order valence-electron chi connectivity index (χ4n) is 6.90. The molecule has 9 rings (SSSR count). The van der Waals surface area contributed by atoms with Crippen LogP contribution < -0.4 is 0 Å². The molecule has 3 heterocycles. The molecule has 2 aliphatic rings. The highest BCUT2D eigenvalue weighted by molar-refractivity contribution is 7.26. The van der Waals surface area contributed by atoms with Crippen LogP contribution in [0.15, 0.2) is 156 Å². The Hall–Kier alpha value is -5.45. The summed E-state index contributed by atoms with van der Waals surface area (Å²) in [7, 11) is 0. The molecule has 0 fully saturated rings. The van der Waals surface area contributed by atoms with Gasteiger partial charge < -0.3 is 0 Å². The lowest BCUT2D eigenvalue weighted by Gasteiger charge is -2.22. The molecule has 3 nitrogen and oxygen atoms in total. The lowest BCUT2D eigenvalue weighted by atomic mass is 9.92. The molecule has 0 N–H and O–H groups in total. The van der Waals surface area contributed by atoms with E-state index in [0.717, 1.165) is 53.0 Å². The van der Waals surface area contributed by atoms with Gasteiger partial charge in [0.25, 0.3) is 0 Å². The van der Waals surface area contributed by atoms with Crippen molar-refractivity contribution in [1.82, 2.24) is 4.98 Å². The van der Waals surface area contributed by atoms with E-state index >= 15 is 0 Å². The van der Waals surface area contributed by atoms with E-state index in [-0.39, 0.29) is 6.04 Å². The van der Waals surface area contributed by atoms with Crippen molar-refractivity contribution >= 4 is 59.7 Å². The molecule has 4 heteroatoms. The van der Waals surface area contributed by atoms with Crippen LogP contribution in [0.4, 0.5) is 0 Å². The van der Waals surface area contributed by atoms with Crippen LogP contribution in [0.2, 0.25) is 0 Å². The number of benzene rings is 5. The summed E-state index contributed by atoms with van der Waals surface area (Å²) >= 11 is 1.83. The smallest absolute Gasteiger partial charge is 0.155 e. The zero-order chi connectivity index (χ0) is 31.2. The molecule has 0 saturated heterocycles. The number of aliphatic imine (C=N–C) groups is 2. The Kier molecular flexibility index (Phi) is 6.94. The maximum absolute atomic E-state index is 5.22. The second-order valence-corrected chi connectivity index (χ2v) is 13.3. The Labute approximate surface area is 278 Å². The second-order valence-electron chi connectivity index (χ2n) is 12.2. The van der Waals surface area contributed by atoms with Crippen LogP contribution in [0.5, 0.6) is 0 Å². The molecule has 0 bridgehead atoms. The Bertz CT molecular complexity index is 2410. The summed E-state index contributed by atoms with van der Waals surface area (Å²) in [5.74, 6) is 0.789. The minimum absolute atomic E-state index is 0.0313. The number of thiophene rings is 1. The second kappa shape index (κ2) is 11.7. The van der Waals surface area contributed by atoms with Crippen molar-refractivity contribution < 1.29 is 0 Å². The van der Waals surface area contributed by atoms with Crippen LogP contribution in [-0.2, 0) is 0 Å². The average molecular weight is 622 g/mol. The molecule has 0 spiro atoms. The van der Waals surface area contributed by atoms with E-state index in [0.29, 0.717) is 0 Å². The SMILES string of the molecule is C1=CCCC(c2ccc(C3=NC(c4ccccc4)=NC(c4ccc(-c5c6ccccc6nc6c5sc5ccccc56)cc4)C3)cc2)=C1. The number of nitrogens with zero attached hydrogens (tertiary/aromatic N) is 3. The molecule has 1 unspecified atom stereocenters. The Morgan fingerprint density at radius 1 is 0.638 bits per heavy atom. The van der Waals surface area contributed by atoms with E-state index in [1.165, 1.54) is 48.0 Å². The summed E-state index contributed by atoms with van der Waals surface area (Å²) in [6.07, 6.45) is 9.57. The van der Waals surface area contributed by atoms with Crippen LogP contribution >= 0.6 is 11.3 Å². The maximum Gasteiger partial charge on any atom is 0.155 e. The van der Waals surface area contributed by atoms with Gasteiger partial charge in [0.2, 0.25) is 0 Å². The number of amidine groups is 1. The first-order chi connectivity index (χ1) is 23.3. The van der Waals surface area contributed by atoms with Crippen molar-refractivity contribution in [3.05, 3.63) is 168 Å². The highest BCUT2D eigenvalue weighted by Gasteiger charge is 2.23. The lowest BCUT2D eigenvalue weighted by Crippen LogP contribution is -2.17. The van der Waals surface area contributed by atoms with E-state index in [9.17, 15) is 0 Å². The van der Waals surface area contributed by atoms with E-state index in [4.69, 9.17) is 15.0 Å². The van der Waals surface area contributed by atoms with Gasteiger partial charge >= 0.3 is 0 Å². The van der Waals surface area contributed by atoms with Crippen molar-refractivity contribution in [2.24, 2.45) is 9.98 Å². The maximum atomic E-state index is 5.22. The third-order valence-electron chi connectivity index (χ3n) is 9.33. The number of pyridine rings is 1.